The van der Waals surface area contributed by atoms with E-state index in [1.54, 1.807) is 0 Å². The minimum absolute atomic E-state index is 0.302. The molecule has 0 bridgehead atoms. The standard InChI is InChI=1S/C15H17F4N3/c16-12-7-10(6-11(8-12)15(17,18)19)14(2-3-14)9-21-13(20)22-4-1-5-22/h6-8H,1-5,9H2,(H2,20,21). The van der Waals surface area contributed by atoms with Crippen LogP contribution in [0.4, 0.5) is 17.6 Å². The van der Waals surface area contributed by atoms with E-state index in [4.69, 9.17) is 5.73 Å². The Kier molecular flexibility index (Phi) is 3.53. The number of rotatable bonds is 3. The maximum Gasteiger partial charge on any atom is 0.416 e. The molecule has 1 saturated carbocycles. The molecule has 3 rings (SSSR count). The minimum atomic E-state index is -4.55. The van der Waals surface area contributed by atoms with Gasteiger partial charge in [-0.15, -0.1) is 0 Å². The van der Waals surface area contributed by atoms with Crippen LogP contribution in [-0.4, -0.2) is 30.5 Å². The molecule has 22 heavy (non-hydrogen) atoms. The van der Waals surface area contributed by atoms with E-state index in [9.17, 15) is 17.6 Å². The first-order valence-electron chi connectivity index (χ1n) is 7.23. The van der Waals surface area contributed by atoms with E-state index in [-0.39, 0.29) is 0 Å². The second kappa shape index (κ2) is 5.14. The molecule has 1 aromatic rings. The number of aliphatic imine (C=N–C) groups is 1. The van der Waals surface area contributed by atoms with E-state index in [0.717, 1.165) is 25.6 Å². The van der Waals surface area contributed by atoms with Gasteiger partial charge in [-0.1, -0.05) is 0 Å². The summed E-state index contributed by atoms with van der Waals surface area (Å²) in [6.45, 7) is 2.02. The third kappa shape index (κ3) is 2.89. The summed E-state index contributed by atoms with van der Waals surface area (Å²) in [5, 5.41) is 0. The van der Waals surface area contributed by atoms with Gasteiger partial charge < -0.3 is 10.6 Å². The summed E-state index contributed by atoms with van der Waals surface area (Å²) in [6, 6.07) is 2.74. The molecule has 0 radical (unpaired) electrons. The molecule has 120 valence electrons. The Labute approximate surface area is 125 Å². The Hall–Kier alpha value is -1.79. The Balaban J connectivity index is 1.82. The van der Waals surface area contributed by atoms with E-state index in [2.05, 4.69) is 4.99 Å². The van der Waals surface area contributed by atoms with Gasteiger partial charge >= 0.3 is 6.18 Å². The second-order valence-electron chi connectivity index (χ2n) is 6.02. The Bertz CT molecular complexity index is 601. The molecule has 7 heteroatoms. The van der Waals surface area contributed by atoms with Crippen molar-refractivity contribution in [3.63, 3.8) is 0 Å². The highest BCUT2D eigenvalue weighted by molar-refractivity contribution is 5.78. The molecule has 0 unspecified atom stereocenters. The summed E-state index contributed by atoms with van der Waals surface area (Å²) < 4.78 is 52.0. The number of benzene rings is 1. The number of likely N-dealkylation sites (tertiary alicyclic amines) is 1. The summed E-state index contributed by atoms with van der Waals surface area (Å²) in [5.74, 6) is -0.444. The smallest absolute Gasteiger partial charge is 0.370 e. The van der Waals surface area contributed by atoms with E-state index in [1.807, 2.05) is 4.90 Å². The van der Waals surface area contributed by atoms with Crippen LogP contribution in [0.25, 0.3) is 0 Å². The summed E-state index contributed by atoms with van der Waals surface area (Å²) >= 11 is 0. The van der Waals surface area contributed by atoms with Crippen molar-refractivity contribution in [1.29, 1.82) is 0 Å². The highest BCUT2D eigenvalue weighted by Gasteiger charge is 2.45. The van der Waals surface area contributed by atoms with Gasteiger partial charge in [0.15, 0.2) is 5.96 Å². The van der Waals surface area contributed by atoms with Gasteiger partial charge in [-0.3, -0.25) is 4.99 Å². The fourth-order valence-electron chi connectivity index (χ4n) is 2.63. The van der Waals surface area contributed by atoms with Crippen molar-refractivity contribution in [2.75, 3.05) is 19.6 Å². The summed E-state index contributed by atoms with van der Waals surface area (Å²) in [7, 11) is 0. The largest absolute Gasteiger partial charge is 0.416 e. The molecule has 1 aliphatic heterocycles. The van der Waals surface area contributed by atoms with Crippen molar-refractivity contribution in [1.82, 2.24) is 4.90 Å². The van der Waals surface area contributed by atoms with Gasteiger partial charge in [-0.2, -0.15) is 13.2 Å². The lowest BCUT2D eigenvalue weighted by molar-refractivity contribution is -0.137. The molecule has 2 aliphatic rings. The lowest BCUT2D eigenvalue weighted by atomic mass is 9.94. The number of guanidine groups is 1. The van der Waals surface area contributed by atoms with E-state index in [0.29, 0.717) is 37.0 Å². The first-order valence-corrected chi connectivity index (χ1v) is 7.23. The van der Waals surface area contributed by atoms with Crippen LogP contribution in [0, 0.1) is 5.82 Å². The van der Waals surface area contributed by atoms with Crippen LogP contribution in [0.1, 0.15) is 30.4 Å². The number of alkyl halides is 3. The average molecular weight is 315 g/mol. The fourth-order valence-corrected chi connectivity index (χ4v) is 2.63. The van der Waals surface area contributed by atoms with E-state index < -0.39 is 23.0 Å². The van der Waals surface area contributed by atoms with Gasteiger partial charge in [0.2, 0.25) is 0 Å². The van der Waals surface area contributed by atoms with Crippen molar-refractivity contribution >= 4 is 5.96 Å². The van der Waals surface area contributed by atoms with Crippen molar-refractivity contribution in [2.45, 2.75) is 30.9 Å². The predicted octanol–water partition coefficient (Wildman–Crippen LogP) is 2.90. The third-order valence-corrected chi connectivity index (χ3v) is 4.41. The zero-order valence-electron chi connectivity index (χ0n) is 12.0. The van der Waals surface area contributed by atoms with Crippen molar-refractivity contribution < 1.29 is 17.6 Å². The van der Waals surface area contributed by atoms with Crippen molar-refractivity contribution in [3.05, 3.63) is 35.1 Å². The topological polar surface area (TPSA) is 41.6 Å². The molecular formula is C15H17F4N3. The number of nitrogens with zero attached hydrogens (tertiary/aromatic N) is 2. The fraction of sp³-hybridized carbons (Fsp3) is 0.533. The maximum atomic E-state index is 13.5. The van der Waals surface area contributed by atoms with Crippen LogP contribution in [0.3, 0.4) is 0 Å². The van der Waals surface area contributed by atoms with Crippen molar-refractivity contribution in [3.8, 4) is 0 Å². The molecule has 1 heterocycles. The van der Waals surface area contributed by atoms with Gasteiger partial charge in [-0.25, -0.2) is 4.39 Å². The van der Waals surface area contributed by atoms with Gasteiger partial charge in [0.25, 0.3) is 0 Å². The first-order chi connectivity index (χ1) is 10.3. The molecule has 3 nitrogen and oxygen atoms in total. The second-order valence-corrected chi connectivity index (χ2v) is 6.02. The zero-order chi connectivity index (χ0) is 16.0. The Morgan fingerprint density at radius 3 is 2.41 bits per heavy atom. The zero-order valence-corrected chi connectivity index (χ0v) is 12.0. The van der Waals surface area contributed by atoms with Crippen LogP contribution in [0.2, 0.25) is 0 Å². The molecule has 2 N–H and O–H groups in total. The third-order valence-electron chi connectivity index (χ3n) is 4.41. The number of halogens is 4. The Morgan fingerprint density at radius 2 is 1.91 bits per heavy atom. The quantitative estimate of drug-likeness (QED) is 0.529. The maximum absolute atomic E-state index is 13.5. The molecule has 1 aromatic carbocycles. The summed E-state index contributed by atoms with van der Waals surface area (Å²) in [4.78, 5) is 6.21. The summed E-state index contributed by atoms with van der Waals surface area (Å²) in [5.41, 5.74) is 4.75. The average Bonchev–Trinajstić information content (AvgIpc) is 3.13. The van der Waals surface area contributed by atoms with Crippen LogP contribution in [0.5, 0.6) is 0 Å². The lowest BCUT2D eigenvalue weighted by Crippen LogP contribution is -2.46. The van der Waals surface area contributed by atoms with Gasteiger partial charge in [0.1, 0.15) is 5.82 Å². The molecule has 1 saturated heterocycles. The summed E-state index contributed by atoms with van der Waals surface area (Å²) in [6.07, 6.45) is -2.08. The van der Waals surface area contributed by atoms with Crippen LogP contribution in [0.15, 0.2) is 23.2 Å². The number of hydrogen-bond acceptors (Lipinski definition) is 1. The monoisotopic (exact) mass is 315 g/mol. The van der Waals surface area contributed by atoms with E-state index >= 15 is 0 Å². The lowest BCUT2D eigenvalue weighted by Gasteiger charge is -2.32. The highest BCUT2D eigenvalue weighted by Crippen LogP contribution is 2.49. The number of nitrogens with two attached hydrogens (primary N) is 1. The van der Waals surface area contributed by atoms with Crippen LogP contribution < -0.4 is 5.73 Å². The van der Waals surface area contributed by atoms with Gasteiger partial charge in [-0.05, 0) is 43.0 Å². The molecular weight excluding hydrogens is 298 g/mol. The molecule has 1 aliphatic carbocycles. The van der Waals surface area contributed by atoms with Crippen LogP contribution >= 0.6 is 0 Å². The molecule has 0 aromatic heterocycles. The molecule has 0 atom stereocenters. The first kappa shape index (κ1) is 15.1. The van der Waals surface area contributed by atoms with Crippen LogP contribution in [-0.2, 0) is 11.6 Å². The Morgan fingerprint density at radius 1 is 1.23 bits per heavy atom. The SMILES string of the molecule is NC(=NCC1(c2cc(F)cc(C(F)(F)F)c2)CC1)N1CCC1. The predicted molar refractivity (Wildman–Crippen MR) is 75.0 cm³/mol. The minimum Gasteiger partial charge on any atom is -0.370 e. The molecule has 2 fully saturated rings. The normalized spacial score (nSPS) is 20.7. The molecule has 0 spiro atoms. The molecule has 0 amide bonds. The highest BCUT2D eigenvalue weighted by atomic mass is 19.4. The van der Waals surface area contributed by atoms with Crippen molar-refractivity contribution in [2.24, 2.45) is 10.7 Å². The van der Waals surface area contributed by atoms with E-state index in [1.165, 1.54) is 6.07 Å². The van der Waals surface area contributed by atoms with Gasteiger partial charge in [0, 0.05) is 18.5 Å². The number of hydrogen-bond donors (Lipinski definition) is 1. The van der Waals surface area contributed by atoms with Gasteiger partial charge in [0.05, 0.1) is 12.1 Å².